The monoisotopic (exact) mass is 335 g/mol. The summed E-state index contributed by atoms with van der Waals surface area (Å²) in [6.45, 7) is 3.53. The Kier molecular flexibility index (Phi) is 3.80. The third-order valence-electron chi connectivity index (χ3n) is 4.51. The molecule has 0 radical (unpaired) electrons. The van der Waals surface area contributed by atoms with Crippen molar-refractivity contribution in [3.8, 4) is 11.4 Å². The van der Waals surface area contributed by atoms with E-state index in [1.54, 1.807) is 4.90 Å². The molecule has 25 heavy (non-hydrogen) atoms. The molecular formula is C19H21N5O. The van der Waals surface area contributed by atoms with Gasteiger partial charge in [-0.3, -0.25) is 4.90 Å². The molecule has 0 saturated carbocycles. The molecule has 0 aliphatic carbocycles. The van der Waals surface area contributed by atoms with E-state index in [1.165, 1.54) is 0 Å². The van der Waals surface area contributed by atoms with E-state index < -0.39 is 0 Å². The van der Waals surface area contributed by atoms with Crippen LogP contribution in [0.25, 0.3) is 11.4 Å². The van der Waals surface area contributed by atoms with Crippen LogP contribution in [-0.4, -0.2) is 26.9 Å². The highest BCUT2D eigenvalue weighted by molar-refractivity contribution is 6.01. The lowest BCUT2D eigenvalue weighted by atomic mass is 10.2. The van der Waals surface area contributed by atoms with E-state index in [0.717, 1.165) is 41.4 Å². The average Bonchev–Trinajstić information content (AvgIpc) is 3.19. The quantitative estimate of drug-likeness (QED) is 0.777. The van der Waals surface area contributed by atoms with Gasteiger partial charge in [0.25, 0.3) is 0 Å². The van der Waals surface area contributed by atoms with Gasteiger partial charge in [0.15, 0.2) is 0 Å². The molecule has 2 amide bonds. The fourth-order valence-corrected chi connectivity index (χ4v) is 3.25. The molecule has 1 aliphatic rings. The van der Waals surface area contributed by atoms with Crippen LogP contribution in [0.5, 0.6) is 0 Å². The zero-order valence-electron chi connectivity index (χ0n) is 14.4. The van der Waals surface area contributed by atoms with Gasteiger partial charge < -0.3 is 9.88 Å². The molecule has 0 atom stereocenters. The van der Waals surface area contributed by atoms with E-state index in [0.29, 0.717) is 6.54 Å². The van der Waals surface area contributed by atoms with Gasteiger partial charge in [-0.05, 0) is 43.2 Å². The minimum absolute atomic E-state index is 0.120. The van der Waals surface area contributed by atoms with Crippen molar-refractivity contribution in [1.82, 2.24) is 14.3 Å². The van der Waals surface area contributed by atoms with Crippen LogP contribution in [0.15, 0.2) is 48.7 Å². The van der Waals surface area contributed by atoms with Crippen molar-refractivity contribution < 1.29 is 4.79 Å². The lowest BCUT2D eigenvalue weighted by Gasteiger charge is -2.27. The molecule has 0 bridgehead atoms. The number of hydrogen-bond donors (Lipinski definition) is 1. The summed E-state index contributed by atoms with van der Waals surface area (Å²) < 4.78 is 3.95. The first-order valence-corrected chi connectivity index (χ1v) is 8.46. The fourth-order valence-electron chi connectivity index (χ4n) is 3.25. The van der Waals surface area contributed by atoms with E-state index >= 15 is 0 Å². The third kappa shape index (κ3) is 2.91. The molecule has 1 N–H and O–H groups in total. The van der Waals surface area contributed by atoms with Crippen LogP contribution in [0.2, 0.25) is 0 Å². The Labute approximate surface area is 146 Å². The highest BCUT2D eigenvalue weighted by Gasteiger charge is 2.25. The van der Waals surface area contributed by atoms with Gasteiger partial charge in [-0.15, -0.1) is 0 Å². The fraction of sp³-hybridized carbons (Fsp3) is 0.263. The smallest absolute Gasteiger partial charge is 0.327 e. The van der Waals surface area contributed by atoms with Crippen LogP contribution in [0.1, 0.15) is 12.0 Å². The summed E-state index contributed by atoms with van der Waals surface area (Å²) in [5.41, 5.74) is 3.86. The van der Waals surface area contributed by atoms with E-state index in [-0.39, 0.29) is 6.03 Å². The van der Waals surface area contributed by atoms with Crippen molar-refractivity contribution in [2.45, 2.75) is 19.9 Å². The number of urea groups is 1. The summed E-state index contributed by atoms with van der Waals surface area (Å²) in [4.78, 5) is 14.5. The Hall–Kier alpha value is -3.02. The number of nitrogens with zero attached hydrogens (tertiary/aromatic N) is 4. The molecule has 0 spiro atoms. The van der Waals surface area contributed by atoms with Crippen molar-refractivity contribution in [3.05, 3.63) is 54.2 Å². The van der Waals surface area contributed by atoms with Gasteiger partial charge in [-0.2, -0.15) is 5.10 Å². The number of nitrogens with one attached hydrogen (secondary N) is 1. The number of anilines is 2. The van der Waals surface area contributed by atoms with E-state index in [9.17, 15) is 4.79 Å². The molecule has 6 nitrogen and oxygen atoms in total. The Bertz CT molecular complexity index is 924. The summed E-state index contributed by atoms with van der Waals surface area (Å²) in [6, 6.07) is 13.7. The number of hydrogen-bond acceptors (Lipinski definition) is 2. The minimum Gasteiger partial charge on any atom is -0.349 e. The third-order valence-corrected chi connectivity index (χ3v) is 4.51. The predicted octanol–water partition coefficient (Wildman–Crippen LogP) is 3.64. The van der Waals surface area contributed by atoms with Crippen LogP contribution >= 0.6 is 0 Å². The second-order valence-corrected chi connectivity index (χ2v) is 6.42. The predicted molar refractivity (Wildman–Crippen MR) is 98.8 cm³/mol. The topological polar surface area (TPSA) is 55.1 Å². The molecule has 2 aromatic heterocycles. The number of carbonyl (C=O) groups is 1. The second-order valence-electron chi connectivity index (χ2n) is 6.42. The summed E-state index contributed by atoms with van der Waals surface area (Å²) in [5, 5.41) is 7.67. The second kappa shape index (κ2) is 6.12. The van der Waals surface area contributed by atoms with E-state index in [1.807, 2.05) is 71.9 Å². The Morgan fingerprint density at radius 2 is 2.04 bits per heavy atom. The van der Waals surface area contributed by atoms with Gasteiger partial charge in [-0.25, -0.2) is 9.48 Å². The maximum atomic E-state index is 12.8. The molecule has 0 unspecified atom stereocenters. The molecule has 0 saturated heterocycles. The number of benzene rings is 1. The van der Waals surface area contributed by atoms with Crippen molar-refractivity contribution >= 4 is 17.5 Å². The van der Waals surface area contributed by atoms with Crippen LogP contribution in [-0.2, 0) is 13.6 Å². The first-order chi connectivity index (χ1) is 12.1. The van der Waals surface area contributed by atoms with E-state index in [2.05, 4.69) is 10.4 Å². The Balaban J connectivity index is 1.62. The highest BCUT2D eigenvalue weighted by atomic mass is 16.2. The van der Waals surface area contributed by atoms with Crippen LogP contribution < -0.4 is 10.2 Å². The molecule has 3 aromatic rings. The lowest BCUT2D eigenvalue weighted by Crippen LogP contribution is -2.40. The number of aromatic nitrogens is 3. The number of aryl methyl sites for hydroxylation is 3. The Morgan fingerprint density at radius 1 is 1.16 bits per heavy atom. The van der Waals surface area contributed by atoms with Gasteiger partial charge >= 0.3 is 6.03 Å². The van der Waals surface area contributed by atoms with Gasteiger partial charge in [0, 0.05) is 38.1 Å². The lowest BCUT2D eigenvalue weighted by molar-refractivity contribution is 0.255. The first-order valence-electron chi connectivity index (χ1n) is 8.46. The highest BCUT2D eigenvalue weighted by Crippen LogP contribution is 2.28. The zero-order chi connectivity index (χ0) is 17.4. The normalized spacial score (nSPS) is 13.6. The zero-order valence-corrected chi connectivity index (χ0v) is 14.4. The largest absolute Gasteiger partial charge is 0.349 e. The van der Waals surface area contributed by atoms with Gasteiger partial charge in [0.2, 0.25) is 0 Å². The summed E-state index contributed by atoms with van der Waals surface area (Å²) >= 11 is 0. The van der Waals surface area contributed by atoms with Crippen molar-refractivity contribution in [3.63, 3.8) is 0 Å². The summed E-state index contributed by atoms with van der Waals surface area (Å²) in [6.07, 6.45) is 2.89. The molecule has 3 heterocycles. The standard InChI is InChI=1S/C19H21N5O/c1-14-6-3-7-15(12-14)20-19(25)23-10-5-11-24-18(23)13-16(21-24)17-8-4-9-22(17)2/h3-4,6-9,12-13H,5,10-11H2,1-2H3,(H,20,25). The minimum atomic E-state index is -0.120. The van der Waals surface area contributed by atoms with Crippen LogP contribution in [0, 0.1) is 6.92 Å². The van der Waals surface area contributed by atoms with Crippen LogP contribution in [0.3, 0.4) is 0 Å². The Morgan fingerprint density at radius 3 is 2.80 bits per heavy atom. The van der Waals surface area contributed by atoms with Gasteiger partial charge in [-0.1, -0.05) is 12.1 Å². The molecule has 6 heteroatoms. The maximum absolute atomic E-state index is 12.8. The first kappa shape index (κ1) is 15.5. The SMILES string of the molecule is Cc1cccc(NC(=O)N2CCCn3nc(-c4cccn4C)cc32)c1. The maximum Gasteiger partial charge on any atom is 0.327 e. The summed E-state index contributed by atoms with van der Waals surface area (Å²) in [5.74, 6) is 0.840. The average molecular weight is 335 g/mol. The molecule has 128 valence electrons. The van der Waals surface area contributed by atoms with Crippen molar-refractivity contribution in [2.24, 2.45) is 7.05 Å². The summed E-state index contributed by atoms with van der Waals surface area (Å²) in [7, 11) is 2.00. The number of rotatable bonds is 2. The van der Waals surface area contributed by atoms with Crippen molar-refractivity contribution in [1.29, 1.82) is 0 Å². The van der Waals surface area contributed by atoms with Crippen molar-refractivity contribution in [2.75, 3.05) is 16.8 Å². The molecule has 1 aliphatic heterocycles. The number of amides is 2. The number of fused-ring (bicyclic) bond motifs is 1. The number of carbonyl (C=O) groups excluding carboxylic acids is 1. The molecular weight excluding hydrogens is 314 g/mol. The van der Waals surface area contributed by atoms with Gasteiger partial charge in [0.1, 0.15) is 11.5 Å². The van der Waals surface area contributed by atoms with Crippen LogP contribution in [0.4, 0.5) is 16.3 Å². The molecule has 0 fully saturated rings. The molecule has 4 rings (SSSR count). The molecule has 1 aromatic carbocycles. The van der Waals surface area contributed by atoms with Gasteiger partial charge in [0.05, 0.1) is 5.69 Å². The van der Waals surface area contributed by atoms with E-state index in [4.69, 9.17) is 0 Å².